The summed E-state index contributed by atoms with van der Waals surface area (Å²) in [5, 5.41) is 0. The zero-order valence-corrected chi connectivity index (χ0v) is 13.1. The van der Waals surface area contributed by atoms with Crippen LogP contribution in [0.3, 0.4) is 0 Å². The minimum atomic E-state index is -0.173. The fourth-order valence-electron chi connectivity index (χ4n) is 3.78. The van der Waals surface area contributed by atoms with Crippen LogP contribution >= 0.6 is 0 Å². The molecule has 1 aromatic rings. The third kappa shape index (κ3) is 2.59. The zero-order valence-electron chi connectivity index (χ0n) is 13.1. The number of methoxy groups -OCH3 is 1. The molecule has 0 saturated heterocycles. The van der Waals surface area contributed by atoms with Crippen LogP contribution in [0.15, 0.2) is 18.2 Å². The molecule has 3 nitrogen and oxygen atoms in total. The van der Waals surface area contributed by atoms with Gasteiger partial charge in [0.1, 0.15) is 5.75 Å². The summed E-state index contributed by atoms with van der Waals surface area (Å²) in [6.07, 6.45) is 5.22. The van der Waals surface area contributed by atoms with Gasteiger partial charge in [-0.1, -0.05) is 6.07 Å². The number of fused-ring (bicyclic) bond motifs is 1. The molecular formula is C18H24O3. The van der Waals surface area contributed by atoms with Crippen LogP contribution in [-0.4, -0.2) is 25.1 Å². The molecule has 114 valence electrons. The van der Waals surface area contributed by atoms with Gasteiger partial charge in [-0.05, 0) is 63.6 Å². The molecule has 0 unspecified atom stereocenters. The van der Waals surface area contributed by atoms with E-state index < -0.39 is 0 Å². The van der Waals surface area contributed by atoms with Gasteiger partial charge in [-0.2, -0.15) is 0 Å². The molecule has 0 aliphatic heterocycles. The molecule has 0 atom stereocenters. The summed E-state index contributed by atoms with van der Waals surface area (Å²) in [6, 6.07) is 6.00. The predicted molar refractivity (Wildman–Crippen MR) is 81.9 cm³/mol. The van der Waals surface area contributed by atoms with Gasteiger partial charge in [0.2, 0.25) is 0 Å². The first-order chi connectivity index (χ1) is 10.0. The van der Waals surface area contributed by atoms with Crippen molar-refractivity contribution in [3.63, 3.8) is 0 Å². The standard InChI is InChI=1S/C18H24O3/c1-12(2)21-15-5-4-13-11-18(17(19)16(13)10-15)8-6-14(20-3)7-9-18/h4-5,10,12,14H,6-9,11H2,1-3H3. The van der Waals surface area contributed by atoms with Crippen molar-refractivity contribution in [2.24, 2.45) is 5.41 Å². The van der Waals surface area contributed by atoms with Crippen molar-refractivity contribution in [1.29, 1.82) is 0 Å². The number of hydrogen-bond donors (Lipinski definition) is 0. The second kappa shape index (κ2) is 5.45. The van der Waals surface area contributed by atoms with E-state index in [-0.39, 0.29) is 11.5 Å². The third-order valence-corrected chi connectivity index (χ3v) is 4.93. The molecule has 0 heterocycles. The Bertz CT molecular complexity index is 539. The van der Waals surface area contributed by atoms with E-state index in [1.54, 1.807) is 7.11 Å². The Labute approximate surface area is 126 Å². The molecule has 1 fully saturated rings. The van der Waals surface area contributed by atoms with Gasteiger partial charge in [0.25, 0.3) is 0 Å². The van der Waals surface area contributed by atoms with Crippen LogP contribution in [0.2, 0.25) is 0 Å². The maximum absolute atomic E-state index is 12.9. The van der Waals surface area contributed by atoms with E-state index in [9.17, 15) is 4.79 Å². The van der Waals surface area contributed by atoms with Crippen molar-refractivity contribution in [2.45, 2.75) is 58.2 Å². The summed E-state index contributed by atoms with van der Waals surface area (Å²) in [7, 11) is 1.77. The highest BCUT2D eigenvalue weighted by Gasteiger charge is 2.47. The van der Waals surface area contributed by atoms with Gasteiger partial charge in [0, 0.05) is 18.1 Å². The van der Waals surface area contributed by atoms with E-state index in [0.29, 0.717) is 11.9 Å². The summed E-state index contributed by atoms with van der Waals surface area (Å²) >= 11 is 0. The number of carbonyl (C=O) groups is 1. The van der Waals surface area contributed by atoms with Crippen molar-refractivity contribution < 1.29 is 14.3 Å². The molecule has 0 radical (unpaired) electrons. The normalized spacial score (nSPS) is 28.2. The van der Waals surface area contributed by atoms with Crippen molar-refractivity contribution in [1.82, 2.24) is 0 Å². The van der Waals surface area contributed by atoms with E-state index in [1.165, 1.54) is 5.56 Å². The average Bonchev–Trinajstić information content (AvgIpc) is 2.73. The summed E-state index contributed by atoms with van der Waals surface area (Å²) < 4.78 is 11.2. The number of benzene rings is 1. The van der Waals surface area contributed by atoms with Crippen molar-refractivity contribution in [2.75, 3.05) is 7.11 Å². The van der Waals surface area contributed by atoms with Crippen LogP contribution in [0.5, 0.6) is 5.75 Å². The molecule has 0 amide bonds. The molecule has 1 spiro atoms. The number of ketones is 1. The second-order valence-corrected chi connectivity index (χ2v) is 6.71. The van der Waals surface area contributed by atoms with E-state index in [4.69, 9.17) is 9.47 Å². The second-order valence-electron chi connectivity index (χ2n) is 6.71. The largest absolute Gasteiger partial charge is 0.491 e. The zero-order chi connectivity index (χ0) is 15.0. The van der Waals surface area contributed by atoms with E-state index in [0.717, 1.165) is 43.4 Å². The molecule has 21 heavy (non-hydrogen) atoms. The Morgan fingerprint density at radius 1 is 1.24 bits per heavy atom. The number of Topliss-reactive ketones (excluding diaryl/α,β-unsaturated/α-hetero) is 1. The quantitative estimate of drug-likeness (QED) is 0.849. The van der Waals surface area contributed by atoms with Crippen molar-refractivity contribution in [3.05, 3.63) is 29.3 Å². The topological polar surface area (TPSA) is 35.5 Å². The number of ether oxygens (including phenoxy) is 2. The molecule has 1 aromatic carbocycles. The highest BCUT2D eigenvalue weighted by molar-refractivity contribution is 6.05. The maximum atomic E-state index is 12.9. The fraction of sp³-hybridized carbons (Fsp3) is 0.611. The molecule has 2 aliphatic carbocycles. The Morgan fingerprint density at radius 3 is 2.57 bits per heavy atom. The Morgan fingerprint density at radius 2 is 1.95 bits per heavy atom. The third-order valence-electron chi connectivity index (χ3n) is 4.93. The first-order valence-corrected chi connectivity index (χ1v) is 7.91. The van der Waals surface area contributed by atoms with Gasteiger partial charge in [-0.3, -0.25) is 4.79 Å². The molecule has 1 saturated carbocycles. The Hall–Kier alpha value is -1.35. The average molecular weight is 288 g/mol. The van der Waals surface area contributed by atoms with E-state index in [2.05, 4.69) is 6.07 Å². The van der Waals surface area contributed by atoms with E-state index >= 15 is 0 Å². The highest BCUT2D eigenvalue weighted by atomic mass is 16.5. The summed E-state index contributed by atoms with van der Waals surface area (Å²) in [5.74, 6) is 1.13. The Balaban J connectivity index is 1.82. The SMILES string of the molecule is COC1CCC2(CC1)Cc1ccc(OC(C)C)cc1C2=O. The molecule has 0 N–H and O–H groups in total. The smallest absolute Gasteiger partial charge is 0.169 e. The van der Waals surface area contributed by atoms with Gasteiger partial charge >= 0.3 is 0 Å². The van der Waals surface area contributed by atoms with Crippen LogP contribution in [0.1, 0.15) is 55.5 Å². The van der Waals surface area contributed by atoms with Gasteiger partial charge < -0.3 is 9.47 Å². The van der Waals surface area contributed by atoms with Crippen LogP contribution in [-0.2, 0) is 11.2 Å². The molecule has 0 aromatic heterocycles. The van der Waals surface area contributed by atoms with Crippen molar-refractivity contribution >= 4 is 5.78 Å². The minimum absolute atomic E-state index is 0.130. The summed E-state index contributed by atoms with van der Waals surface area (Å²) in [5.41, 5.74) is 1.89. The number of carbonyl (C=O) groups excluding carboxylic acids is 1. The maximum Gasteiger partial charge on any atom is 0.169 e. The lowest BCUT2D eigenvalue weighted by Gasteiger charge is -2.35. The van der Waals surface area contributed by atoms with Crippen LogP contribution in [0.25, 0.3) is 0 Å². The molecule has 2 aliphatic rings. The highest BCUT2D eigenvalue weighted by Crippen LogP contribution is 2.48. The van der Waals surface area contributed by atoms with Crippen LogP contribution in [0.4, 0.5) is 0 Å². The predicted octanol–water partition coefficient (Wildman–Crippen LogP) is 3.79. The minimum Gasteiger partial charge on any atom is -0.491 e. The molecule has 3 rings (SSSR count). The Kier molecular flexibility index (Phi) is 3.78. The van der Waals surface area contributed by atoms with Gasteiger partial charge in [-0.15, -0.1) is 0 Å². The number of rotatable bonds is 3. The number of hydrogen-bond acceptors (Lipinski definition) is 3. The first-order valence-electron chi connectivity index (χ1n) is 7.91. The summed E-state index contributed by atoms with van der Waals surface area (Å²) in [4.78, 5) is 12.9. The lowest BCUT2D eigenvalue weighted by molar-refractivity contribution is 0.0285. The van der Waals surface area contributed by atoms with Gasteiger partial charge in [0.05, 0.1) is 12.2 Å². The lowest BCUT2D eigenvalue weighted by Crippen LogP contribution is -2.35. The van der Waals surface area contributed by atoms with Crippen LogP contribution < -0.4 is 4.74 Å². The summed E-state index contributed by atoms with van der Waals surface area (Å²) in [6.45, 7) is 4.01. The molecule has 3 heteroatoms. The molecular weight excluding hydrogens is 264 g/mol. The van der Waals surface area contributed by atoms with Crippen molar-refractivity contribution in [3.8, 4) is 5.75 Å². The first kappa shape index (κ1) is 14.6. The fourth-order valence-corrected chi connectivity index (χ4v) is 3.78. The van der Waals surface area contributed by atoms with Crippen LogP contribution in [0, 0.1) is 5.41 Å². The molecule has 0 bridgehead atoms. The monoisotopic (exact) mass is 288 g/mol. The van der Waals surface area contributed by atoms with E-state index in [1.807, 2.05) is 26.0 Å². The van der Waals surface area contributed by atoms with Gasteiger partial charge in [-0.25, -0.2) is 0 Å². The lowest BCUT2D eigenvalue weighted by atomic mass is 9.70. The van der Waals surface area contributed by atoms with Gasteiger partial charge in [0.15, 0.2) is 5.78 Å².